The predicted octanol–water partition coefficient (Wildman–Crippen LogP) is 1.63. The van der Waals surface area contributed by atoms with Crippen molar-refractivity contribution < 1.29 is 4.74 Å². The Morgan fingerprint density at radius 2 is 2.19 bits per heavy atom. The first-order valence-electron chi connectivity index (χ1n) is 6.95. The predicted molar refractivity (Wildman–Crippen MR) is 66.7 cm³/mol. The first kappa shape index (κ1) is 12.3. The van der Waals surface area contributed by atoms with Gasteiger partial charge in [0.1, 0.15) is 0 Å². The molecule has 2 fully saturated rings. The Labute approximate surface area is 99.5 Å². The molecule has 1 heterocycles. The highest BCUT2D eigenvalue weighted by atomic mass is 16.5. The van der Waals surface area contributed by atoms with Crippen molar-refractivity contribution in [1.82, 2.24) is 10.2 Å². The molecule has 16 heavy (non-hydrogen) atoms. The molecule has 0 bridgehead atoms. The third kappa shape index (κ3) is 4.04. The van der Waals surface area contributed by atoms with Gasteiger partial charge in [-0.3, -0.25) is 4.90 Å². The summed E-state index contributed by atoms with van der Waals surface area (Å²) < 4.78 is 5.39. The minimum atomic E-state index is 0.794. The average molecular weight is 226 g/mol. The van der Waals surface area contributed by atoms with E-state index in [-0.39, 0.29) is 0 Å². The van der Waals surface area contributed by atoms with Crippen molar-refractivity contribution in [3.63, 3.8) is 0 Å². The Balaban J connectivity index is 1.58. The van der Waals surface area contributed by atoms with Gasteiger partial charge in [0.05, 0.1) is 0 Å². The fourth-order valence-electron chi connectivity index (χ4n) is 2.52. The van der Waals surface area contributed by atoms with Gasteiger partial charge in [0.15, 0.2) is 0 Å². The number of hydrogen-bond donors (Lipinski definition) is 1. The quantitative estimate of drug-likeness (QED) is 0.637. The minimum Gasteiger partial charge on any atom is -0.382 e. The van der Waals surface area contributed by atoms with Gasteiger partial charge in [-0.2, -0.15) is 0 Å². The van der Waals surface area contributed by atoms with Crippen molar-refractivity contribution >= 4 is 0 Å². The lowest BCUT2D eigenvalue weighted by atomic mass is 10.2. The van der Waals surface area contributed by atoms with Crippen molar-refractivity contribution in [2.24, 2.45) is 0 Å². The van der Waals surface area contributed by atoms with E-state index in [1.54, 1.807) is 0 Å². The zero-order valence-electron chi connectivity index (χ0n) is 10.6. The van der Waals surface area contributed by atoms with Gasteiger partial charge in [-0.05, 0) is 45.6 Å². The van der Waals surface area contributed by atoms with E-state index >= 15 is 0 Å². The number of rotatable bonds is 8. The third-order valence-electron chi connectivity index (χ3n) is 3.66. The average Bonchev–Trinajstić information content (AvgIpc) is 3.02. The van der Waals surface area contributed by atoms with Crippen LogP contribution in [0.25, 0.3) is 0 Å². The lowest BCUT2D eigenvalue weighted by molar-refractivity contribution is 0.129. The van der Waals surface area contributed by atoms with Crippen molar-refractivity contribution in [1.29, 1.82) is 0 Å². The fourth-order valence-corrected chi connectivity index (χ4v) is 2.52. The van der Waals surface area contributed by atoms with Crippen LogP contribution in [0.3, 0.4) is 0 Å². The summed E-state index contributed by atoms with van der Waals surface area (Å²) in [7, 11) is 0. The van der Waals surface area contributed by atoms with Crippen molar-refractivity contribution in [2.75, 3.05) is 32.8 Å². The summed E-state index contributed by atoms with van der Waals surface area (Å²) in [5.74, 6) is 0. The zero-order valence-corrected chi connectivity index (χ0v) is 10.6. The Morgan fingerprint density at radius 1 is 1.31 bits per heavy atom. The number of hydrogen-bond acceptors (Lipinski definition) is 3. The van der Waals surface area contributed by atoms with Gasteiger partial charge in [0, 0.05) is 38.4 Å². The van der Waals surface area contributed by atoms with E-state index in [9.17, 15) is 0 Å². The van der Waals surface area contributed by atoms with E-state index in [2.05, 4.69) is 17.1 Å². The zero-order chi connectivity index (χ0) is 11.2. The van der Waals surface area contributed by atoms with Gasteiger partial charge in [0.25, 0.3) is 0 Å². The summed E-state index contributed by atoms with van der Waals surface area (Å²) in [6.07, 6.45) is 6.75. The highest BCUT2D eigenvalue weighted by molar-refractivity contribution is 4.86. The lowest BCUT2D eigenvalue weighted by Crippen LogP contribution is -2.39. The number of nitrogens with zero attached hydrogens (tertiary/aromatic N) is 1. The van der Waals surface area contributed by atoms with Crippen molar-refractivity contribution in [3.8, 4) is 0 Å². The maximum atomic E-state index is 5.39. The number of ether oxygens (including phenoxy) is 1. The van der Waals surface area contributed by atoms with E-state index in [0.717, 1.165) is 25.3 Å². The summed E-state index contributed by atoms with van der Waals surface area (Å²) in [6, 6.07) is 1.65. The van der Waals surface area contributed by atoms with Crippen LogP contribution >= 0.6 is 0 Å². The largest absolute Gasteiger partial charge is 0.382 e. The minimum absolute atomic E-state index is 0.794. The third-order valence-corrected chi connectivity index (χ3v) is 3.66. The maximum Gasteiger partial charge on any atom is 0.0478 e. The van der Waals surface area contributed by atoms with E-state index in [0.29, 0.717) is 0 Å². The SMILES string of the molecule is CCOCCCN1CCCC1CNC1CC1. The fraction of sp³-hybridized carbons (Fsp3) is 1.00. The molecule has 0 aromatic carbocycles. The van der Waals surface area contributed by atoms with Crippen LogP contribution in [0.15, 0.2) is 0 Å². The summed E-state index contributed by atoms with van der Waals surface area (Å²) >= 11 is 0. The molecule has 1 unspecified atom stereocenters. The standard InChI is InChI=1S/C13H26N2O/c1-2-16-10-4-9-15-8-3-5-13(15)11-14-12-6-7-12/h12-14H,2-11H2,1H3. The second-order valence-electron chi connectivity index (χ2n) is 5.07. The molecule has 0 radical (unpaired) electrons. The molecule has 0 aromatic rings. The van der Waals surface area contributed by atoms with E-state index in [1.807, 2.05) is 0 Å². The Bertz CT molecular complexity index is 194. The second kappa shape index (κ2) is 6.58. The molecule has 1 aliphatic carbocycles. The van der Waals surface area contributed by atoms with Crippen LogP contribution in [-0.4, -0.2) is 49.8 Å². The van der Waals surface area contributed by atoms with Crippen molar-refractivity contribution in [2.45, 2.75) is 51.1 Å². The molecule has 0 spiro atoms. The molecule has 3 nitrogen and oxygen atoms in total. The maximum absolute atomic E-state index is 5.39. The summed E-state index contributed by atoms with van der Waals surface area (Å²) in [5, 5.41) is 3.66. The molecule has 1 aliphatic heterocycles. The van der Waals surface area contributed by atoms with Crippen molar-refractivity contribution in [3.05, 3.63) is 0 Å². The monoisotopic (exact) mass is 226 g/mol. The molecule has 94 valence electrons. The van der Waals surface area contributed by atoms with Gasteiger partial charge in [-0.15, -0.1) is 0 Å². The van der Waals surface area contributed by atoms with Gasteiger partial charge < -0.3 is 10.1 Å². The Morgan fingerprint density at radius 3 is 2.94 bits per heavy atom. The van der Waals surface area contributed by atoms with Gasteiger partial charge >= 0.3 is 0 Å². The molecule has 1 saturated heterocycles. The summed E-state index contributed by atoms with van der Waals surface area (Å²) in [4.78, 5) is 2.65. The molecule has 0 aromatic heterocycles. The van der Waals surface area contributed by atoms with Crippen LogP contribution < -0.4 is 5.32 Å². The molecule has 1 atom stereocenters. The van der Waals surface area contributed by atoms with Crippen LogP contribution in [-0.2, 0) is 4.74 Å². The molecular weight excluding hydrogens is 200 g/mol. The number of nitrogens with one attached hydrogen (secondary N) is 1. The highest BCUT2D eigenvalue weighted by Gasteiger charge is 2.27. The van der Waals surface area contributed by atoms with Gasteiger partial charge in [-0.1, -0.05) is 0 Å². The van der Waals surface area contributed by atoms with Gasteiger partial charge in [-0.25, -0.2) is 0 Å². The Hall–Kier alpha value is -0.120. The lowest BCUT2D eigenvalue weighted by Gasteiger charge is -2.24. The smallest absolute Gasteiger partial charge is 0.0478 e. The molecule has 1 saturated carbocycles. The number of likely N-dealkylation sites (tertiary alicyclic amines) is 1. The second-order valence-corrected chi connectivity index (χ2v) is 5.07. The van der Waals surface area contributed by atoms with Crippen LogP contribution in [0.5, 0.6) is 0 Å². The molecule has 1 N–H and O–H groups in total. The van der Waals surface area contributed by atoms with E-state index in [1.165, 1.54) is 51.7 Å². The summed E-state index contributed by atoms with van der Waals surface area (Å²) in [6.45, 7) is 7.57. The normalized spacial score (nSPS) is 26.4. The van der Waals surface area contributed by atoms with Crippen LogP contribution in [0.4, 0.5) is 0 Å². The topological polar surface area (TPSA) is 24.5 Å². The first-order chi connectivity index (χ1) is 7.90. The van der Waals surface area contributed by atoms with Crippen LogP contribution in [0, 0.1) is 0 Å². The molecule has 2 rings (SSSR count). The van der Waals surface area contributed by atoms with E-state index in [4.69, 9.17) is 4.74 Å². The van der Waals surface area contributed by atoms with E-state index < -0.39 is 0 Å². The molecule has 2 aliphatic rings. The van der Waals surface area contributed by atoms with Crippen LogP contribution in [0.2, 0.25) is 0 Å². The Kier molecular flexibility index (Phi) is 5.07. The summed E-state index contributed by atoms with van der Waals surface area (Å²) in [5.41, 5.74) is 0. The van der Waals surface area contributed by atoms with Crippen LogP contribution in [0.1, 0.15) is 39.0 Å². The first-order valence-corrected chi connectivity index (χ1v) is 6.95. The molecular formula is C13H26N2O. The van der Waals surface area contributed by atoms with Gasteiger partial charge in [0.2, 0.25) is 0 Å². The highest BCUT2D eigenvalue weighted by Crippen LogP contribution is 2.21. The molecule has 3 heteroatoms. The molecule has 0 amide bonds.